The van der Waals surface area contributed by atoms with Crippen molar-refractivity contribution in [2.45, 2.75) is 32.5 Å². The summed E-state index contributed by atoms with van der Waals surface area (Å²) in [5.41, 5.74) is 0. The fourth-order valence-corrected chi connectivity index (χ4v) is 1.18. The highest BCUT2D eigenvalue weighted by molar-refractivity contribution is 4.74. The second kappa shape index (κ2) is 6.79. The highest BCUT2D eigenvalue weighted by Gasteiger charge is 2.07. The fourth-order valence-electron chi connectivity index (χ4n) is 1.18. The molecule has 0 bridgehead atoms. The average Bonchev–Trinajstić information content (AvgIpc) is 2.53. The number of hydrogen-bond acceptors (Lipinski definition) is 1. The summed E-state index contributed by atoms with van der Waals surface area (Å²) in [5.74, 6) is 0. The molecule has 80 valence electrons. The number of aliphatic hydroxyl groups excluding tert-OH is 1. The minimum Gasteiger partial charge on any atom is -1.00 e. The molecule has 1 rings (SSSR count). The summed E-state index contributed by atoms with van der Waals surface area (Å²) in [4.78, 5) is 0. The molecule has 0 amide bonds. The number of allylic oxidation sites excluding steroid dienone is 1. The SMILES string of the molecule is C=CCn1cc[n+](C[C@@H](O)CC)c1.[Br-]. The van der Waals surface area contributed by atoms with E-state index >= 15 is 0 Å². The molecule has 3 nitrogen and oxygen atoms in total. The summed E-state index contributed by atoms with van der Waals surface area (Å²) in [6.45, 7) is 7.12. The van der Waals surface area contributed by atoms with Gasteiger partial charge in [0.25, 0.3) is 0 Å². The molecule has 4 heteroatoms. The Hall–Kier alpha value is -0.610. The Bertz CT molecular complexity index is 273. The van der Waals surface area contributed by atoms with Gasteiger partial charge in [0.2, 0.25) is 6.33 Å². The predicted octanol–water partition coefficient (Wildman–Crippen LogP) is -2.26. The third-order valence-corrected chi connectivity index (χ3v) is 1.98. The second-order valence-electron chi connectivity index (χ2n) is 3.16. The minimum atomic E-state index is -0.246. The second-order valence-corrected chi connectivity index (χ2v) is 3.16. The van der Waals surface area contributed by atoms with E-state index in [0.717, 1.165) is 13.0 Å². The molecule has 0 radical (unpaired) electrons. The first-order valence-corrected chi connectivity index (χ1v) is 4.60. The third kappa shape index (κ3) is 4.07. The average molecular weight is 261 g/mol. The number of aliphatic hydroxyl groups is 1. The maximum absolute atomic E-state index is 9.40. The smallest absolute Gasteiger partial charge is 0.244 e. The van der Waals surface area contributed by atoms with E-state index < -0.39 is 0 Å². The molecule has 1 atom stereocenters. The van der Waals surface area contributed by atoms with Crippen LogP contribution in [-0.4, -0.2) is 15.8 Å². The van der Waals surface area contributed by atoms with Crippen LogP contribution in [0.15, 0.2) is 31.4 Å². The van der Waals surface area contributed by atoms with Crippen molar-refractivity contribution in [2.24, 2.45) is 0 Å². The Morgan fingerprint density at radius 3 is 2.93 bits per heavy atom. The zero-order valence-electron chi connectivity index (χ0n) is 8.43. The van der Waals surface area contributed by atoms with Crippen molar-refractivity contribution in [3.05, 3.63) is 31.4 Å². The van der Waals surface area contributed by atoms with E-state index in [2.05, 4.69) is 6.58 Å². The van der Waals surface area contributed by atoms with Crippen LogP contribution in [0.1, 0.15) is 13.3 Å². The summed E-state index contributed by atoms with van der Waals surface area (Å²) in [6.07, 6.45) is 8.30. The van der Waals surface area contributed by atoms with Crippen LogP contribution in [0.25, 0.3) is 0 Å². The van der Waals surface area contributed by atoms with Crippen molar-refractivity contribution < 1.29 is 26.7 Å². The number of rotatable bonds is 5. The van der Waals surface area contributed by atoms with Gasteiger partial charge in [-0.1, -0.05) is 19.6 Å². The van der Waals surface area contributed by atoms with Crippen LogP contribution < -0.4 is 21.5 Å². The summed E-state index contributed by atoms with van der Waals surface area (Å²) in [6, 6.07) is 0. The number of aromatic nitrogens is 2. The minimum absolute atomic E-state index is 0. The van der Waals surface area contributed by atoms with Crippen molar-refractivity contribution in [3.63, 3.8) is 0 Å². The summed E-state index contributed by atoms with van der Waals surface area (Å²) in [5, 5.41) is 9.40. The van der Waals surface area contributed by atoms with Crippen molar-refractivity contribution in [3.8, 4) is 0 Å². The molecule has 0 aliphatic rings. The molecule has 0 aliphatic heterocycles. The van der Waals surface area contributed by atoms with Crippen LogP contribution in [0, 0.1) is 0 Å². The molecule has 1 heterocycles. The van der Waals surface area contributed by atoms with Gasteiger partial charge in [-0.2, -0.15) is 0 Å². The maximum atomic E-state index is 9.40. The fraction of sp³-hybridized carbons (Fsp3) is 0.500. The zero-order chi connectivity index (χ0) is 9.68. The number of imidazole rings is 1. The van der Waals surface area contributed by atoms with Gasteiger partial charge in [0, 0.05) is 0 Å². The standard InChI is InChI=1S/C10H17N2O.BrH/c1-3-5-11-6-7-12(9-11)8-10(13)4-2;/h3,6-7,9-10,13H,1,4-5,8H2,2H3;1H/q+1;/p-1/t10-;/m0./s1. The lowest BCUT2D eigenvalue weighted by molar-refractivity contribution is -0.703. The lowest BCUT2D eigenvalue weighted by atomic mass is 10.3. The lowest BCUT2D eigenvalue weighted by Gasteiger charge is -2.02. The van der Waals surface area contributed by atoms with Crippen LogP contribution in [0.4, 0.5) is 0 Å². The van der Waals surface area contributed by atoms with E-state index in [4.69, 9.17) is 0 Å². The van der Waals surface area contributed by atoms with Crippen LogP contribution in [0.2, 0.25) is 0 Å². The molecule has 0 fully saturated rings. The molecule has 14 heavy (non-hydrogen) atoms. The Balaban J connectivity index is 0.00000169. The number of nitrogens with zero attached hydrogens (tertiary/aromatic N) is 2. The lowest BCUT2D eigenvalue weighted by Crippen LogP contribution is -3.00. The van der Waals surface area contributed by atoms with Gasteiger partial charge in [0.1, 0.15) is 25.5 Å². The van der Waals surface area contributed by atoms with Gasteiger partial charge in [-0.15, -0.1) is 0 Å². The van der Waals surface area contributed by atoms with Crippen LogP contribution >= 0.6 is 0 Å². The molecule has 0 unspecified atom stereocenters. The van der Waals surface area contributed by atoms with Gasteiger partial charge in [0.15, 0.2) is 0 Å². The highest BCUT2D eigenvalue weighted by Crippen LogP contribution is 1.90. The van der Waals surface area contributed by atoms with Gasteiger partial charge in [-0.3, -0.25) is 0 Å². The molecule has 1 N–H and O–H groups in total. The van der Waals surface area contributed by atoms with Gasteiger partial charge >= 0.3 is 0 Å². The van der Waals surface area contributed by atoms with Crippen molar-refractivity contribution in [2.75, 3.05) is 0 Å². The topological polar surface area (TPSA) is 29.0 Å². The first kappa shape index (κ1) is 13.4. The van der Waals surface area contributed by atoms with Gasteiger partial charge in [-0.25, -0.2) is 9.13 Å². The third-order valence-electron chi connectivity index (χ3n) is 1.98. The molecular weight excluding hydrogens is 244 g/mol. The van der Waals surface area contributed by atoms with E-state index in [1.165, 1.54) is 0 Å². The molecule has 0 aliphatic carbocycles. The first-order valence-electron chi connectivity index (χ1n) is 4.60. The maximum Gasteiger partial charge on any atom is 0.244 e. The van der Waals surface area contributed by atoms with Gasteiger partial charge in [-0.05, 0) is 6.42 Å². The van der Waals surface area contributed by atoms with Crippen LogP contribution in [-0.2, 0) is 13.1 Å². The summed E-state index contributed by atoms with van der Waals surface area (Å²) < 4.78 is 4.01. The predicted molar refractivity (Wildman–Crippen MR) is 51.1 cm³/mol. The number of halogens is 1. The normalized spacial score (nSPS) is 11.9. The van der Waals surface area contributed by atoms with Gasteiger partial charge in [0.05, 0.1) is 6.10 Å². The molecule has 0 spiro atoms. The Morgan fingerprint density at radius 2 is 2.36 bits per heavy atom. The van der Waals surface area contributed by atoms with Crippen LogP contribution in [0.5, 0.6) is 0 Å². The van der Waals surface area contributed by atoms with E-state index in [1.54, 1.807) is 0 Å². The quantitative estimate of drug-likeness (QED) is 0.470. The molecule has 1 aromatic heterocycles. The molecule has 0 aromatic carbocycles. The van der Waals surface area contributed by atoms with E-state index in [-0.39, 0.29) is 23.1 Å². The Labute approximate surface area is 95.5 Å². The molecule has 1 aromatic rings. The van der Waals surface area contributed by atoms with Crippen molar-refractivity contribution >= 4 is 0 Å². The highest BCUT2D eigenvalue weighted by atomic mass is 79.9. The number of hydrogen-bond donors (Lipinski definition) is 1. The molecule has 0 saturated heterocycles. The van der Waals surface area contributed by atoms with E-state index in [1.807, 2.05) is 40.9 Å². The molecule has 0 saturated carbocycles. The Morgan fingerprint density at radius 1 is 1.64 bits per heavy atom. The van der Waals surface area contributed by atoms with E-state index in [0.29, 0.717) is 6.54 Å². The Kier molecular flexibility index (Phi) is 6.49. The molecular formula is C10H17BrN2O. The van der Waals surface area contributed by atoms with Crippen LogP contribution in [0.3, 0.4) is 0 Å². The zero-order valence-corrected chi connectivity index (χ0v) is 10.0. The summed E-state index contributed by atoms with van der Waals surface area (Å²) >= 11 is 0. The van der Waals surface area contributed by atoms with Crippen molar-refractivity contribution in [1.82, 2.24) is 4.57 Å². The van der Waals surface area contributed by atoms with Gasteiger partial charge < -0.3 is 22.1 Å². The van der Waals surface area contributed by atoms with Crippen molar-refractivity contribution in [1.29, 1.82) is 0 Å². The van der Waals surface area contributed by atoms with E-state index in [9.17, 15) is 5.11 Å². The monoisotopic (exact) mass is 260 g/mol. The largest absolute Gasteiger partial charge is 1.00 e. The summed E-state index contributed by atoms with van der Waals surface area (Å²) in [7, 11) is 0. The first-order chi connectivity index (χ1) is 6.26.